The first kappa shape index (κ1) is 20.6. The van der Waals surface area contributed by atoms with Crippen molar-refractivity contribution >= 4 is 5.96 Å². The summed E-state index contributed by atoms with van der Waals surface area (Å²) in [4.78, 5) is 4.38. The summed E-state index contributed by atoms with van der Waals surface area (Å²) in [5, 5.41) is 15.7. The van der Waals surface area contributed by atoms with Crippen LogP contribution in [0, 0.1) is 13.8 Å². The lowest BCUT2D eigenvalue weighted by Crippen LogP contribution is -2.42. The zero-order chi connectivity index (χ0) is 20.8. The Bertz CT molecular complexity index is 954. The molecule has 7 heteroatoms. The molecule has 0 fully saturated rings. The molecule has 0 saturated heterocycles. The lowest BCUT2D eigenvalue weighted by atomic mass is 10.1. The van der Waals surface area contributed by atoms with Crippen molar-refractivity contribution in [3.05, 3.63) is 70.8 Å². The third kappa shape index (κ3) is 5.47. The SMILES string of the molecule is CN=C(NCc1cccc(Cn2cccn2)c1)NC(C)Cc1c(C)nn(C)c1C. The van der Waals surface area contributed by atoms with Crippen LogP contribution in [0.2, 0.25) is 0 Å². The Morgan fingerprint density at radius 2 is 2.00 bits per heavy atom. The highest BCUT2D eigenvalue weighted by Crippen LogP contribution is 2.14. The lowest BCUT2D eigenvalue weighted by Gasteiger charge is -2.18. The van der Waals surface area contributed by atoms with E-state index in [0.717, 1.165) is 24.6 Å². The van der Waals surface area contributed by atoms with Crippen molar-refractivity contribution in [1.29, 1.82) is 0 Å². The van der Waals surface area contributed by atoms with Crippen LogP contribution < -0.4 is 10.6 Å². The van der Waals surface area contributed by atoms with E-state index in [1.54, 1.807) is 13.2 Å². The van der Waals surface area contributed by atoms with Crippen LogP contribution in [0.4, 0.5) is 0 Å². The molecular weight excluding hydrogens is 362 g/mol. The minimum Gasteiger partial charge on any atom is -0.354 e. The maximum Gasteiger partial charge on any atom is 0.191 e. The summed E-state index contributed by atoms with van der Waals surface area (Å²) in [5.74, 6) is 0.800. The average Bonchev–Trinajstić information content (AvgIpc) is 3.29. The molecule has 2 heterocycles. The normalized spacial score (nSPS) is 12.8. The summed E-state index contributed by atoms with van der Waals surface area (Å²) in [6.45, 7) is 7.84. The number of nitrogens with one attached hydrogen (secondary N) is 2. The Kier molecular flexibility index (Phi) is 6.69. The van der Waals surface area contributed by atoms with Gasteiger partial charge in [0.2, 0.25) is 0 Å². The van der Waals surface area contributed by atoms with E-state index in [0.29, 0.717) is 6.54 Å². The molecule has 1 atom stereocenters. The van der Waals surface area contributed by atoms with Crippen LogP contribution >= 0.6 is 0 Å². The first-order chi connectivity index (χ1) is 14.0. The van der Waals surface area contributed by atoms with Crippen LogP contribution in [-0.2, 0) is 26.6 Å². The fourth-order valence-corrected chi connectivity index (χ4v) is 3.50. The molecule has 29 heavy (non-hydrogen) atoms. The number of hydrogen-bond donors (Lipinski definition) is 2. The zero-order valence-electron chi connectivity index (χ0n) is 18.0. The van der Waals surface area contributed by atoms with E-state index in [1.165, 1.54) is 22.4 Å². The summed E-state index contributed by atoms with van der Waals surface area (Å²) in [6.07, 6.45) is 4.69. The summed E-state index contributed by atoms with van der Waals surface area (Å²) in [6, 6.07) is 10.7. The van der Waals surface area contributed by atoms with Crippen molar-refractivity contribution in [2.75, 3.05) is 7.05 Å². The number of aryl methyl sites for hydroxylation is 2. The Hall–Kier alpha value is -3.09. The third-order valence-corrected chi connectivity index (χ3v) is 5.13. The van der Waals surface area contributed by atoms with Crippen molar-refractivity contribution in [3.63, 3.8) is 0 Å². The fourth-order valence-electron chi connectivity index (χ4n) is 3.50. The molecule has 2 N–H and O–H groups in total. The van der Waals surface area contributed by atoms with Gasteiger partial charge in [0.15, 0.2) is 5.96 Å². The predicted octanol–water partition coefficient (Wildman–Crippen LogP) is 2.58. The van der Waals surface area contributed by atoms with Gasteiger partial charge in [0, 0.05) is 44.8 Å². The Morgan fingerprint density at radius 3 is 2.66 bits per heavy atom. The summed E-state index contributed by atoms with van der Waals surface area (Å²) in [7, 11) is 3.79. The molecule has 3 aromatic rings. The minimum absolute atomic E-state index is 0.244. The molecule has 0 aliphatic carbocycles. The van der Waals surface area contributed by atoms with Gasteiger partial charge < -0.3 is 10.6 Å². The number of rotatable bonds is 7. The Balaban J connectivity index is 1.55. The number of aromatic nitrogens is 4. The van der Waals surface area contributed by atoms with Crippen LogP contribution in [-0.4, -0.2) is 38.6 Å². The quantitative estimate of drug-likeness (QED) is 0.478. The summed E-state index contributed by atoms with van der Waals surface area (Å²) in [5.41, 5.74) is 6.05. The Morgan fingerprint density at radius 1 is 1.21 bits per heavy atom. The summed E-state index contributed by atoms with van der Waals surface area (Å²) >= 11 is 0. The number of benzene rings is 1. The molecule has 0 aliphatic rings. The van der Waals surface area contributed by atoms with E-state index < -0.39 is 0 Å². The standard InChI is InChI=1S/C22H31N7/c1-16(12-21-17(2)27-28(5)18(21)3)26-22(23-4)24-14-19-8-6-9-20(13-19)15-29-11-7-10-25-29/h6-11,13,16H,12,14-15H2,1-5H3,(H2,23,24,26). The van der Waals surface area contributed by atoms with E-state index in [9.17, 15) is 0 Å². The first-order valence-corrected chi connectivity index (χ1v) is 9.97. The average molecular weight is 394 g/mol. The van der Waals surface area contributed by atoms with E-state index in [-0.39, 0.29) is 6.04 Å². The van der Waals surface area contributed by atoms with E-state index in [1.807, 2.05) is 28.7 Å². The van der Waals surface area contributed by atoms with Gasteiger partial charge in [0.1, 0.15) is 0 Å². The van der Waals surface area contributed by atoms with Crippen LogP contribution in [0.5, 0.6) is 0 Å². The Labute approximate surface area is 172 Å². The molecule has 0 amide bonds. The van der Waals surface area contributed by atoms with Crippen molar-refractivity contribution in [2.24, 2.45) is 12.0 Å². The molecule has 3 rings (SSSR count). The predicted molar refractivity (Wildman–Crippen MR) is 117 cm³/mol. The van der Waals surface area contributed by atoms with Gasteiger partial charge in [-0.1, -0.05) is 24.3 Å². The second-order valence-electron chi connectivity index (χ2n) is 7.47. The number of aliphatic imine (C=N–C) groups is 1. The maximum atomic E-state index is 4.51. The summed E-state index contributed by atoms with van der Waals surface area (Å²) < 4.78 is 3.87. The lowest BCUT2D eigenvalue weighted by molar-refractivity contribution is 0.635. The van der Waals surface area contributed by atoms with Gasteiger partial charge in [-0.15, -0.1) is 0 Å². The molecule has 2 aromatic heterocycles. The van der Waals surface area contributed by atoms with Crippen molar-refractivity contribution < 1.29 is 0 Å². The third-order valence-electron chi connectivity index (χ3n) is 5.13. The molecule has 1 aromatic carbocycles. The van der Waals surface area contributed by atoms with Crippen molar-refractivity contribution in [2.45, 2.75) is 46.3 Å². The van der Waals surface area contributed by atoms with Crippen LogP contribution in [0.3, 0.4) is 0 Å². The number of nitrogens with zero attached hydrogens (tertiary/aromatic N) is 5. The van der Waals surface area contributed by atoms with Gasteiger partial charge >= 0.3 is 0 Å². The molecule has 0 aliphatic heterocycles. The minimum atomic E-state index is 0.244. The second kappa shape index (κ2) is 9.41. The van der Waals surface area contributed by atoms with Crippen LogP contribution in [0.25, 0.3) is 0 Å². The number of hydrogen-bond acceptors (Lipinski definition) is 3. The highest BCUT2D eigenvalue weighted by molar-refractivity contribution is 5.79. The molecule has 0 bridgehead atoms. The molecule has 0 spiro atoms. The molecule has 154 valence electrons. The molecular formula is C22H31N7. The first-order valence-electron chi connectivity index (χ1n) is 9.97. The van der Waals surface area contributed by atoms with Crippen molar-refractivity contribution in [1.82, 2.24) is 30.2 Å². The van der Waals surface area contributed by atoms with Crippen LogP contribution in [0.1, 0.15) is 35.0 Å². The molecule has 0 radical (unpaired) electrons. The highest BCUT2D eigenvalue weighted by atomic mass is 15.3. The van der Waals surface area contributed by atoms with Crippen molar-refractivity contribution in [3.8, 4) is 0 Å². The number of guanidine groups is 1. The van der Waals surface area contributed by atoms with Crippen LogP contribution in [0.15, 0.2) is 47.7 Å². The smallest absolute Gasteiger partial charge is 0.191 e. The highest BCUT2D eigenvalue weighted by Gasteiger charge is 2.14. The molecule has 1 unspecified atom stereocenters. The monoisotopic (exact) mass is 393 g/mol. The largest absolute Gasteiger partial charge is 0.354 e. The van der Waals surface area contributed by atoms with Gasteiger partial charge in [-0.2, -0.15) is 10.2 Å². The van der Waals surface area contributed by atoms with Gasteiger partial charge in [-0.3, -0.25) is 14.4 Å². The van der Waals surface area contributed by atoms with E-state index in [4.69, 9.17) is 0 Å². The van der Waals surface area contributed by atoms with Gasteiger partial charge in [-0.05, 0) is 49.9 Å². The van der Waals surface area contributed by atoms with Gasteiger partial charge in [0.05, 0.1) is 12.2 Å². The fraction of sp³-hybridized carbons (Fsp3) is 0.409. The second-order valence-corrected chi connectivity index (χ2v) is 7.47. The zero-order valence-corrected chi connectivity index (χ0v) is 18.0. The topological polar surface area (TPSA) is 72.1 Å². The molecule has 7 nitrogen and oxygen atoms in total. The van der Waals surface area contributed by atoms with Gasteiger partial charge in [-0.25, -0.2) is 0 Å². The maximum absolute atomic E-state index is 4.51. The van der Waals surface area contributed by atoms with E-state index >= 15 is 0 Å². The van der Waals surface area contributed by atoms with E-state index in [2.05, 4.69) is 70.9 Å². The van der Waals surface area contributed by atoms with Gasteiger partial charge in [0.25, 0.3) is 0 Å². The molecule has 0 saturated carbocycles.